The molecule has 1 aromatic carbocycles. The van der Waals surface area contributed by atoms with Crippen LogP contribution in [0.25, 0.3) is 0 Å². The number of hydrogen-bond donors (Lipinski definition) is 2. The summed E-state index contributed by atoms with van der Waals surface area (Å²) in [6.45, 7) is 1.58. The Balaban J connectivity index is 2.08. The molecular weight excluding hydrogens is 245 g/mol. The van der Waals surface area contributed by atoms with Crippen molar-refractivity contribution in [3.63, 3.8) is 0 Å². The predicted molar refractivity (Wildman–Crippen MR) is 59.7 cm³/mol. The lowest BCUT2D eigenvalue weighted by molar-refractivity contribution is 0.0928. The van der Waals surface area contributed by atoms with Gasteiger partial charge in [-0.1, -0.05) is 0 Å². The Morgan fingerprint density at radius 3 is 2.28 bits per heavy atom. The SMILES string of the molecule is O=C(NC1CCNCC1)c1cc(F)c(F)c(F)c1. The molecule has 1 amide bonds. The van der Waals surface area contributed by atoms with E-state index in [9.17, 15) is 18.0 Å². The van der Waals surface area contributed by atoms with E-state index in [1.165, 1.54) is 0 Å². The Morgan fingerprint density at radius 2 is 1.72 bits per heavy atom. The zero-order valence-electron chi connectivity index (χ0n) is 9.60. The van der Waals surface area contributed by atoms with Crippen LogP contribution in [0.5, 0.6) is 0 Å². The number of halogens is 3. The molecule has 0 unspecified atom stereocenters. The molecule has 0 saturated carbocycles. The summed E-state index contributed by atoms with van der Waals surface area (Å²) in [5.41, 5.74) is -0.204. The van der Waals surface area contributed by atoms with Crippen LogP contribution in [0.4, 0.5) is 13.2 Å². The van der Waals surface area contributed by atoms with Crippen LogP contribution in [0.3, 0.4) is 0 Å². The van der Waals surface area contributed by atoms with Gasteiger partial charge in [0.2, 0.25) is 0 Å². The maximum Gasteiger partial charge on any atom is 0.251 e. The van der Waals surface area contributed by atoms with Crippen LogP contribution < -0.4 is 10.6 Å². The lowest BCUT2D eigenvalue weighted by atomic mass is 10.1. The highest BCUT2D eigenvalue weighted by Gasteiger charge is 2.19. The van der Waals surface area contributed by atoms with Crippen LogP contribution in [-0.4, -0.2) is 25.0 Å². The number of rotatable bonds is 2. The van der Waals surface area contributed by atoms with E-state index in [0.717, 1.165) is 25.9 Å². The molecule has 1 aromatic rings. The Labute approximate surface area is 102 Å². The van der Waals surface area contributed by atoms with Crippen LogP contribution >= 0.6 is 0 Å². The third-order valence-corrected chi connectivity index (χ3v) is 2.92. The molecule has 0 spiro atoms. The summed E-state index contributed by atoms with van der Waals surface area (Å²) in [5, 5.41) is 5.81. The van der Waals surface area contributed by atoms with Crippen LogP contribution in [0.2, 0.25) is 0 Å². The lowest BCUT2D eigenvalue weighted by Crippen LogP contribution is -2.42. The summed E-state index contributed by atoms with van der Waals surface area (Å²) >= 11 is 0. The maximum absolute atomic E-state index is 13.0. The zero-order chi connectivity index (χ0) is 13.1. The molecule has 1 aliphatic rings. The van der Waals surface area contributed by atoms with Gasteiger partial charge in [0.15, 0.2) is 17.5 Å². The number of piperidine rings is 1. The minimum atomic E-state index is -1.56. The summed E-state index contributed by atoms with van der Waals surface area (Å²) in [6.07, 6.45) is 1.52. The second kappa shape index (κ2) is 5.39. The minimum Gasteiger partial charge on any atom is -0.349 e. The minimum absolute atomic E-state index is 0.0186. The van der Waals surface area contributed by atoms with Crippen molar-refractivity contribution in [1.29, 1.82) is 0 Å². The normalized spacial score (nSPS) is 16.6. The molecule has 0 aromatic heterocycles. The molecule has 98 valence electrons. The molecule has 0 atom stereocenters. The molecule has 0 radical (unpaired) electrons. The van der Waals surface area contributed by atoms with Crippen molar-refractivity contribution in [1.82, 2.24) is 10.6 Å². The monoisotopic (exact) mass is 258 g/mol. The Bertz CT molecular complexity index is 436. The van der Waals surface area contributed by atoms with E-state index in [1.54, 1.807) is 0 Å². The van der Waals surface area contributed by atoms with Gasteiger partial charge in [0.25, 0.3) is 5.91 Å². The number of hydrogen-bond acceptors (Lipinski definition) is 2. The maximum atomic E-state index is 13.0. The third-order valence-electron chi connectivity index (χ3n) is 2.92. The van der Waals surface area contributed by atoms with Crippen molar-refractivity contribution < 1.29 is 18.0 Å². The van der Waals surface area contributed by atoms with E-state index in [2.05, 4.69) is 10.6 Å². The van der Waals surface area contributed by atoms with Crippen molar-refractivity contribution in [2.24, 2.45) is 0 Å². The zero-order valence-corrected chi connectivity index (χ0v) is 9.60. The fourth-order valence-corrected chi connectivity index (χ4v) is 1.92. The average molecular weight is 258 g/mol. The molecule has 18 heavy (non-hydrogen) atoms. The lowest BCUT2D eigenvalue weighted by Gasteiger charge is -2.23. The molecule has 1 heterocycles. The number of nitrogens with one attached hydrogen (secondary N) is 2. The topological polar surface area (TPSA) is 41.1 Å². The van der Waals surface area contributed by atoms with Gasteiger partial charge in [0.1, 0.15) is 0 Å². The standard InChI is InChI=1S/C12H13F3N2O/c13-9-5-7(6-10(14)11(9)15)12(18)17-8-1-3-16-4-2-8/h5-6,8,16H,1-4H2,(H,17,18). The fourth-order valence-electron chi connectivity index (χ4n) is 1.92. The first kappa shape index (κ1) is 12.9. The molecule has 0 aliphatic carbocycles. The summed E-state index contributed by atoms with van der Waals surface area (Å²) in [4.78, 5) is 11.7. The number of benzene rings is 1. The number of carbonyl (C=O) groups excluding carboxylic acids is 1. The summed E-state index contributed by atoms with van der Waals surface area (Å²) in [6, 6.07) is 1.39. The predicted octanol–water partition coefficient (Wildman–Crippen LogP) is 1.59. The molecular formula is C12H13F3N2O. The smallest absolute Gasteiger partial charge is 0.251 e. The van der Waals surface area contributed by atoms with E-state index < -0.39 is 23.4 Å². The third kappa shape index (κ3) is 2.81. The Morgan fingerprint density at radius 1 is 1.17 bits per heavy atom. The van der Waals surface area contributed by atoms with Crippen molar-refractivity contribution in [2.45, 2.75) is 18.9 Å². The van der Waals surface area contributed by atoms with Crippen LogP contribution in [-0.2, 0) is 0 Å². The second-order valence-corrected chi connectivity index (χ2v) is 4.25. The second-order valence-electron chi connectivity index (χ2n) is 4.25. The molecule has 1 saturated heterocycles. The van der Waals surface area contributed by atoms with E-state index in [4.69, 9.17) is 0 Å². The van der Waals surface area contributed by atoms with Crippen LogP contribution in [0.15, 0.2) is 12.1 Å². The van der Waals surface area contributed by atoms with Crippen molar-refractivity contribution >= 4 is 5.91 Å². The number of amides is 1. The average Bonchev–Trinajstić information content (AvgIpc) is 2.36. The van der Waals surface area contributed by atoms with Crippen LogP contribution in [0.1, 0.15) is 23.2 Å². The molecule has 6 heteroatoms. The van der Waals surface area contributed by atoms with Crippen LogP contribution in [0, 0.1) is 17.5 Å². The highest BCUT2D eigenvalue weighted by molar-refractivity contribution is 5.94. The van der Waals surface area contributed by atoms with Gasteiger partial charge in [-0.25, -0.2) is 13.2 Å². The van der Waals surface area contributed by atoms with Gasteiger partial charge in [0.05, 0.1) is 0 Å². The first-order valence-electron chi connectivity index (χ1n) is 5.74. The quantitative estimate of drug-likeness (QED) is 0.791. The van der Waals surface area contributed by atoms with Gasteiger partial charge in [-0.2, -0.15) is 0 Å². The van der Waals surface area contributed by atoms with E-state index in [-0.39, 0.29) is 11.6 Å². The van der Waals surface area contributed by atoms with Gasteiger partial charge >= 0.3 is 0 Å². The molecule has 0 bridgehead atoms. The summed E-state index contributed by atoms with van der Waals surface area (Å²) in [7, 11) is 0. The summed E-state index contributed by atoms with van der Waals surface area (Å²) < 4.78 is 38.7. The van der Waals surface area contributed by atoms with Gasteiger partial charge in [-0.05, 0) is 38.1 Å². The molecule has 3 nitrogen and oxygen atoms in total. The summed E-state index contributed by atoms with van der Waals surface area (Å²) in [5.74, 6) is -4.86. The van der Waals surface area contributed by atoms with Gasteiger partial charge in [0, 0.05) is 11.6 Å². The molecule has 2 rings (SSSR count). The van der Waals surface area contributed by atoms with Crippen molar-refractivity contribution in [3.05, 3.63) is 35.1 Å². The van der Waals surface area contributed by atoms with E-state index >= 15 is 0 Å². The first-order valence-corrected chi connectivity index (χ1v) is 5.74. The van der Waals surface area contributed by atoms with Gasteiger partial charge in [-0.3, -0.25) is 4.79 Å². The molecule has 1 aliphatic heterocycles. The van der Waals surface area contributed by atoms with Gasteiger partial charge < -0.3 is 10.6 Å². The van der Waals surface area contributed by atoms with E-state index in [1.807, 2.05) is 0 Å². The Hall–Kier alpha value is -1.56. The van der Waals surface area contributed by atoms with Crippen molar-refractivity contribution in [2.75, 3.05) is 13.1 Å². The highest BCUT2D eigenvalue weighted by atomic mass is 19.2. The largest absolute Gasteiger partial charge is 0.349 e. The first-order chi connectivity index (χ1) is 8.58. The number of carbonyl (C=O) groups is 1. The molecule has 1 fully saturated rings. The fraction of sp³-hybridized carbons (Fsp3) is 0.417. The van der Waals surface area contributed by atoms with Gasteiger partial charge in [-0.15, -0.1) is 0 Å². The van der Waals surface area contributed by atoms with Crippen molar-refractivity contribution in [3.8, 4) is 0 Å². The van der Waals surface area contributed by atoms with E-state index in [0.29, 0.717) is 12.1 Å². The Kier molecular flexibility index (Phi) is 3.86. The molecule has 2 N–H and O–H groups in total. The highest BCUT2D eigenvalue weighted by Crippen LogP contribution is 2.14.